The van der Waals surface area contributed by atoms with Gasteiger partial charge in [0, 0.05) is 5.38 Å². The molecule has 3 N–H and O–H groups in total. The molecule has 0 saturated carbocycles. The number of aromatic hydroxyl groups is 1. The van der Waals surface area contributed by atoms with Crippen molar-refractivity contribution in [2.45, 2.75) is 13.5 Å². The smallest absolute Gasteiger partial charge is 0.187 e. The average Bonchev–Trinajstić information content (AvgIpc) is 2.70. The van der Waals surface area contributed by atoms with E-state index in [1.165, 1.54) is 11.3 Å². The molecule has 1 aromatic carbocycles. The highest BCUT2D eigenvalue weighted by Gasteiger charge is 2.04. The lowest BCUT2D eigenvalue weighted by molar-refractivity contribution is 0.278. The maximum atomic E-state index is 9.68. The van der Waals surface area contributed by atoms with Gasteiger partial charge in [-0.25, -0.2) is 4.98 Å². The van der Waals surface area contributed by atoms with Crippen molar-refractivity contribution >= 4 is 22.2 Å². The first kappa shape index (κ1) is 10.9. The number of aliphatic hydroxyl groups excluding tert-OH is 1. The van der Waals surface area contributed by atoms with Gasteiger partial charge in [0.1, 0.15) is 5.75 Å². The number of benzene rings is 1. The number of nitrogens with one attached hydrogen (secondary N) is 1. The van der Waals surface area contributed by atoms with Crippen molar-refractivity contribution in [2.75, 3.05) is 5.32 Å². The van der Waals surface area contributed by atoms with Crippen LogP contribution in [-0.2, 0) is 6.61 Å². The molecule has 0 aliphatic carbocycles. The Labute approximate surface area is 97.2 Å². The number of anilines is 2. The second kappa shape index (κ2) is 4.51. The highest BCUT2D eigenvalue weighted by Crippen LogP contribution is 2.28. The standard InChI is InChI=1S/C11H12N2O2S/c1-7-2-3-9(10(15)4-7)13-11-12-8(5-14)6-16-11/h2-4,6,14-15H,5H2,1H3,(H,12,13). The molecular formula is C11H12N2O2S. The van der Waals surface area contributed by atoms with Crippen LogP contribution < -0.4 is 5.32 Å². The van der Waals surface area contributed by atoms with Gasteiger partial charge in [-0.05, 0) is 24.6 Å². The molecular weight excluding hydrogens is 224 g/mol. The third kappa shape index (κ3) is 2.32. The van der Waals surface area contributed by atoms with Crippen molar-refractivity contribution in [3.8, 4) is 5.75 Å². The quantitative estimate of drug-likeness (QED) is 0.716. The van der Waals surface area contributed by atoms with Crippen LogP contribution in [0.3, 0.4) is 0 Å². The van der Waals surface area contributed by atoms with Gasteiger partial charge in [-0.2, -0.15) is 0 Å². The number of hydrogen-bond acceptors (Lipinski definition) is 5. The van der Waals surface area contributed by atoms with Gasteiger partial charge in [0.25, 0.3) is 0 Å². The molecule has 0 amide bonds. The van der Waals surface area contributed by atoms with Gasteiger partial charge >= 0.3 is 0 Å². The van der Waals surface area contributed by atoms with Crippen molar-refractivity contribution in [3.63, 3.8) is 0 Å². The van der Waals surface area contributed by atoms with Crippen molar-refractivity contribution in [2.24, 2.45) is 0 Å². The largest absolute Gasteiger partial charge is 0.506 e. The normalized spacial score (nSPS) is 10.4. The van der Waals surface area contributed by atoms with Crippen LogP contribution in [0.5, 0.6) is 5.75 Å². The molecule has 5 heteroatoms. The van der Waals surface area contributed by atoms with Gasteiger partial charge in [0.15, 0.2) is 5.13 Å². The van der Waals surface area contributed by atoms with Crippen molar-refractivity contribution < 1.29 is 10.2 Å². The van der Waals surface area contributed by atoms with Crippen LogP contribution in [0.25, 0.3) is 0 Å². The van der Waals surface area contributed by atoms with E-state index >= 15 is 0 Å². The van der Waals surface area contributed by atoms with E-state index in [0.717, 1.165) is 5.56 Å². The Kier molecular flexibility index (Phi) is 3.07. The molecule has 1 heterocycles. The number of phenolic OH excluding ortho intramolecular Hbond substituents is 1. The number of aliphatic hydroxyl groups is 1. The van der Waals surface area contributed by atoms with Crippen LogP contribution in [0.4, 0.5) is 10.8 Å². The molecule has 0 aliphatic rings. The molecule has 0 fully saturated rings. The number of thiazole rings is 1. The van der Waals surface area contributed by atoms with E-state index < -0.39 is 0 Å². The molecule has 2 rings (SSSR count). The summed E-state index contributed by atoms with van der Waals surface area (Å²) < 4.78 is 0. The topological polar surface area (TPSA) is 65.4 Å². The summed E-state index contributed by atoms with van der Waals surface area (Å²) in [4.78, 5) is 4.13. The molecule has 0 unspecified atom stereocenters. The Bertz CT molecular complexity index is 496. The van der Waals surface area contributed by atoms with Crippen molar-refractivity contribution in [3.05, 3.63) is 34.8 Å². The Balaban J connectivity index is 2.20. The van der Waals surface area contributed by atoms with Gasteiger partial charge in [-0.15, -0.1) is 11.3 Å². The zero-order chi connectivity index (χ0) is 11.5. The zero-order valence-electron chi connectivity index (χ0n) is 8.77. The summed E-state index contributed by atoms with van der Waals surface area (Å²) in [5.74, 6) is 0.195. The second-order valence-corrected chi connectivity index (χ2v) is 4.31. The summed E-state index contributed by atoms with van der Waals surface area (Å²) in [7, 11) is 0. The fourth-order valence-electron chi connectivity index (χ4n) is 1.30. The molecule has 0 aliphatic heterocycles. The average molecular weight is 236 g/mol. The predicted molar refractivity (Wildman–Crippen MR) is 64.2 cm³/mol. The van der Waals surface area contributed by atoms with E-state index in [2.05, 4.69) is 10.3 Å². The lowest BCUT2D eigenvalue weighted by Crippen LogP contribution is -1.91. The van der Waals surface area contributed by atoms with Crippen LogP contribution in [0, 0.1) is 6.92 Å². The number of aromatic nitrogens is 1. The minimum atomic E-state index is -0.0714. The van der Waals surface area contributed by atoms with Crippen LogP contribution in [0.2, 0.25) is 0 Å². The maximum Gasteiger partial charge on any atom is 0.187 e. The summed E-state index contributed by atoms with van der Waals surface area (Å²) >= 11 is 1.39. The van der Waals surface area contributed by atoms with E-state index in [-0.39, 0.29) is 12.4 Å². The summed E-state index contributed by atoms with van der Waals surface area (Å²) in [5.41, 5.74) is 2.24. The Morgan fingerprint density at radius 3 is 2.88 bits per heavy atom. The lowest BCUT2D eigenvalue weighted by atomic mass is 10.2. The third-order valence-electron chi connectivity index (χ3n) is 2.11. The Hall–Kier alpha value is -1.59. The molecule has 0 spiro atoms. The predicted octanol–water partition coefficient (Wildman–Crippen LogP) is 2.39. The second-order valence-electron chi connectivity index (χ2n) is 3.45. The summed E-state index contributed by atoms with van der Waals surface area (Å²) in [6.07, 6.45) is 0. The molecule has 0 bridgehead atoms. The van der Waals surface area contributed by atoms with Crippen molar-refractivity contribution in [1.29, 1.82) is 0 Å². The number of nitrogens with zero attached hydrogens (tertiary/aromatic N) is 1. The van der Waals surface area contributed by atoms with E-state index in [1.54, 1.807) is 17.5 Å². The minimum absolute atomic E-state index is 0.0714. The summed E-state index contributed by atoms with van der Waals surface area (Å²) in [6, 6.07) is 5.39. The summed E-state index contributed by atoms with van der Waals surface area (Å²) in [6.45, 7) is 1.84. The number of phenols is 1. The molecule has 84 valence electrons. The minimum Gasteiger partial charge on any atom is -0.506 e. The molecule has 0 radical (unpaired) electrons. The monoisotopic (exact) mass is 236 g/mol. The molecule has 4 nitrogen and oxygen atoms in total. The molecule has 16 heavy (non-hydrogen) atoms. The van der Waals surface area contributed by atoms with E-state index in [0.29, 0.717) is 16.5 Å². The van der Waals surface area contributed by atoms with Gasteiger partial charge in [-0.1, -0.05) is 6.07 Å². The maximum absolute atomic E-state index is 9.68. The first-order chi connectivity index (χ1) is 7.69. The van der Waals surface area contributed by atoms with Gasteiger partial charge in [0.05, 0.1) is 18.0 Å². The van der Waals surface area contributed by atoms with Gasteiger partial charge < -0.3 is 15.5 Å². The fourth-order valence-corrected chi connectivity index (χ4v) is 2.01. The van der Waals surface area contributed by atoms with E-state index in [4.69, 9.17) is 5.11 Å². The van der Waals surface area contributed by atoms with Crippen LogP contribution in [0.1, 0.15) is 11.3 Å². The Morgan fingerprint density at radius 2 is 2.25 bits per heavy atom. The first-order valence-corrected chi connectivity index (χ1v) is 5.69. The van der Waals surface area contributed by atoms with Crippen LogP contribution in [-0.4, -0.2) is 15.2 Å². The molecule has 0 atom stereocenters. The SMILES string of the molecule is Cc1ccc(Nc2nc(CO)cs2)c(O)c1. The van der Waals surface area contributed by atoms with Crippen LogP contribution >= 0.6 is 11.3 Å². The van der Waals surface area contributed by atoms with Crippen molar-refractivity contribution in [1.82, 2.24) is 4.98 Å². The van der Waals surface area contributed by atoms with Crippen LogP contribution in [0.15, 0.2) is 23.6 Å². The fraction of sp³-hybridized carbons (Fsp3) is 0.182. The number of hydrogen-bond donors (Lipinski definition) is 3. The molecule has 0 saturated heterocycles. The Morgan fingerprint density at radius 1 is 1.44 bits per heavy atom. The third-order valence-corrected chi connectivity index (χ3v) is 2.92. The number of rotatable bonds is 3. The first-order valence-electron chi connectivity index (χ1n) is 4.81. The highest BCUT2D eigenvalue weighted by molar-refractivity contribution is 7.13. The molecule has 2 aromatic rings. The molecule has 1 aromatic heterocycles. The highest BCUT2D eigenvalue weighted by atomic mass is 32.1. The van der Waals surface area contributed by atoms with E-state index in [9.17, 15) is 5.11 Å². The van der Waals surface area contributed by atoms with Gasteiger partial charge in [-0.3, -0.25) is 0 Å². The van der Waals surface area contributed by atoms with Gasteiger partial charge in [0.2, 0.25) is 0 Å². The summed E-state index contributed by atoms with van der Waals surface area (Å²) in [5, 5.41) is 24.0. The van der Waals surface area contributed by atoms with E-state index in [1.807, 2.05) is 13.0 Å². The lowest BCUT2D eigenvalue weighted by Gasteiger charge is -2.05. The number of aryl methyl sites for hydroxylation is 1. The zero-order valence-corrected chi connectivity index (χ0v) is 9.58.